The van der Waals surface area contributed by atoms with Gasteiger partial charge in [0.2, 0.25) is 0 Å². The third-order valence-electron chi connectivity index (χ3n) is 2.82. The number of hydrogen-bond acceptors (Lipinski definition) is 2. The van der Waals surface area contributed by atoms with Crippen molar-refractivity contribution in [1.82, 2.24) is 5.32 Å². The van der Waals surface area contributed by atoms with Crippen LogP contribution in [0.15, 0.2) is 18.2 Å². The van der Waals surface area contributed by atoms with Gasteiger partial charge < -0.3 is 10.4 Å². The van der Waals surface area contributed by atoms with E-state index < -0.39 is 23.6 Å². The molecule has 0 heterocycles. The molecule has 1 aliphatic carbocycles. The zero-order valence-electron chi connectivity index (χ0n) is 9.12. The lowest BCUT2D eigenvalue weighted by Gasteiger charge is -2.10. The zero-order valence-corrected chi connectivity index (χ0v) is 9.12. The summed E-state index contributed by atoms with van der Waals surface area (Å²) in [7, 11) is 0. The molecular weight excluding hydrogens is 228 g/mol. The van der Waals surface area contributed by atoms with E-state index in [-0.39, 0.29) is 18.0 Å². The molecule has 3 nitrogen and oxygen atoms in total. The predicted octanol–water partition coefficient (Wildman–Crippen LogP) is 1.47. The molecule has 1 aromatic rings. The number of aliphatic hydroxyl groups excluding tert-OH is 1. The maximum Gasteiger partial charge on any atom is 0.251 e. The number of carbonyl (C=O) groups excluding carboxylic acids is 1. The van der Waals surface area contributed by atoms with Gasteiger partial charge in [-0.2, -0.15) is 0 Å². The largest absolute Gasteiger partial charge is 0.391 e. The van der Waals surface area contributed by atoms with Crippen molar-refractivity contribution in [3.8, 4) is 0 Å². The van der Waals surface area contributed by atoms with E-state index in [0.717, 1.165) is 25.0 Å². The van der Waals surface area contributed by atoms with Gasteiger partial charge in [-0.05, 0) is 37.0 Å². The molecule has 0 radical (unpaired) electrons. The highest BCUT2D eigenvalue weighted by atomic mass is 19.2. The standard InChI is InChI=1S/C12H13F2NO2/c13-9-4-3-8(5-10(9)14)12(17)15-6-11(16)7-1-2-7/h3-5,7,11,16H,1-2,6H2,(H,15,17). The van der Waals surface area contributed by atoms with E-state index in [1.165, 1.54) is 6.07 Å². The van der Waals surface area contributed by atoms with Crippen LogP contribution in [0.3, 0.4) is 0 Å². The van der Waals surface area contributed by atoms with Crippen LogP contribution in [-0.2, 0) is 0 Å². The summed E-state index contributed by atoms with van der Waals surface area (Å²) in [5.41, 5.74) is 0.0481. The highest BCUT2D eigenvalue weighted by Gasteiger charge is 2.29. The molecule has 1 unspecified atom stereocenters. The molecule has 0 aromatic heterocycles. The smallest absolute Gasteiger partial charge is 0.251 e. The SMILES string of the molecule is O=C(NCC(O)C1CC1)c1ccc(F)c(F)c1. The fourth-order valence-corrected chi connectivity index (χ4v) is 1.58. The minimum atomic E-state index is -1.06. The van der Waals surface area contributed by atoms with E-state index in [0.29, 0.717) is 0 Å². The van der Waals surface area contributed by atoms with Gasteiger partial charge in [-0.1, -0.05) is 0 Å². The molecule has 1 amide bonds. The number of aliphatic hydroxyl groups is 1. The molecule has 17 heavy (non-hydrogen) atoms. The summed E-state index contributed by atoms with van der Waals surface area (Å²) < 4.78 is 25.5. The first-order valence-corrected chi connectivity index (χ1v) is 5.49. The molecule has 1 aliphatic rings. The maximum atomic E-state index is 12.9. The highest BCUT2D eigenvalue weighted by Crippen LogP contribution is 2.32. The summed E-state index contributed by atoms with van der Waals surface area (Å²) in [6.07, 6.45) is 1.40. The van der Waals surface area contributed by atoms with E-state index in [9.17, 15) is 18.7 Å². The Hall–Kier alpha value is -1.49. The van der Waals surface area contributed by atoms with Gasteiger partial charge in [-0.3, -0.25) is 4.79 Å². The van der Waals surface area contributed by atoms with Gasteiger partial charge in [0, 0.05) is 12.1 Å². The van der Waals surface area contributed by atoms with Crippen LogP contribution in [0.25, 0.3) is 0 Å². The van der Waals surface area contributed by atoms with Crippen molar-refractivity contribution in [2.45, 2.75) is 18.9 Å². The quantitative estimate of drug-likeness (QED) is 0.838. The summed E-state index contributed by atoms with van der Waals surface area (Å²) in [5.74, 6) is -2.29. The van der Waals surface area contributed by atoms with Crippen molar-refractivity contribution in [2.24, 2.45) is 5.92 Å². The first kappa shape index (κ1) is 12.0. The van der Waals surface area contributed by atoms with Crippen LogP contribution in [0.1, 0.15) is 23.2 Å². The summed E-state index contributed by atoms with van der Waals surface area (Å²) in [4.78, 5) is 11.5. The van der Waals surface area contributed by atoms with Crippen molar-refractivity contribution >= 4 is 5.91 Å². The number of hydrogen-bond donors (Lipinski definition) is 2. The Bertz CT molecular complexity index is 433. The molecule has 0 saturated heterocycles. The average molecular weight is 241 g/mol. The van der Waals surface area contributed by atoms with Crippen LogP contribution in [0.5, 0.6) is 0 Å². The topological polar surface area (TPSA) is 49.3 Å². The molecule has 92 valence electrons. The second kappa shape index (κ2) is 4.79. The Balaban J connectivity index is 1.92. The molecule has 5 heteroatoms. The summed E-state index contributed by atoms with van der Waals surface area (Å²) in [6.45, 7) is 0.141. The van der Waals surface area contributed by atoms with Crippen LogP contribution in [0, 0.1) is 17.6 Å². The summed E-state index contributed by atoms with van der Waals surface area (Å²) >= 11 is 0. The first-order chi connectivity index (χ1) is 8.08. The van der Waals surface area contributed by atoms with E-state index in [4.69, 9.17) is 0 Å². The molecule has 0 aliphatic heterocycles. The third kappa shape index (κ3) is 3.00. The van der Waals surface area contributed by atoms with Crippen molar-refractivity contribution < 1.29 is 18.7 Å². The van der Waals surface area contributed by atoms with Crippen LogP contribution < -0.4 is 5.32 Å². The number of carbonyl (C=O) groups is 1. The van der Waals surface area contributed by atoms with Crippen LogP contribution >= 0.6 is 0 Å². The van der Waals surface area contributed by atoms with Crippen molar-refractivity contribution in [3.63, 3.8) is 0 Å². The zero-order chi connectivity index (χ0) is 12.4. The van der Waals surface area contributed by atoms with E-state index in [1.54, 1.807) is 0 Å². The van der Waals surface area contributed by atoms with E-state index >= 15 is 0 Å². The normalized spacial score (nSPS) is 16.6. The minimum absolute atomic E-state index is 0.0481. The maximum absolute atomic E-state index is 12.9. The van der Waals surface area contributed by atoms with Crippen LogP contribution in [0.4, 0.5) is 8.78 Å². The molecule has 0 bridgehead atoms. The number of nitrogens with one attached hydrogen (secondary N) is 1. The van der Waals surface area contributed by atoms with Gasteiger partial charge in [0.15, 0.2) is 11.6 Å². The third-order valence-corrected chi connectivity index (χ3v) is 2.82. The Morgan fingerprint density at radius 2 is 2.12 bits per heavy atom. The number of benzene rings is 1. The first-order valence-electron chi connectivity index (χ1n) is 5.49. The second-order valence-electron chi connectivity index (χ2n) is 4.24. The highest BCUT2D eigenvalue weighted by molar-refractivity contribution is 5.94. The van der Waals surface area contributed by atoms with Gasteiger partial charge >= 0.3 is 0 Å². The minimum Gasteiger partial charge on any atom is -0.391 e. The van der Waals surface area contributed by atoms with Gasteiger partial charge in [0.1, 0.15) is 0 Å². The molecule has 1 saturated carbocycles. The molecular formula is C12H13F2NO2. The van der Waals surface area contributed by atoms with Crippen molar-refractivity contribution in [1.29, 1.82) is 0 Å². The molecule has 1 aromatic carbocycles. The van der Waals surface area contributed by atoms with Crippen molar-refractivity contribution in [3.05, 3.63) is 35.4 Å². The molecule has 0 spiro atoms. The average Bonchev–Trinajstić information content (AvgIpc) is 3.13. The lowest BCUT2D eigenvalue weighted by atomic mass is 10.2. The Labute approximate surface area is 97.5 Å². The fourth-order valence-electron chi connectivity index (χ4n) is 1.58. The number of halogens is 2. The molecule has 1 atom stereocenters. The van der Waals surface area contributed by atoms with Gasteiger partial charge in [0.05, 0.1) is 6.10 Å². The van der Waals surface area contributed by atoms with Crippen LogP contribution in [0.2, 0.25) is 0 Å². The summed E-state index contributed by atoms with van der Waals surface area (Å²) in [6, 6.07) is 2.95. The summed E-state index contributed by atoms with van der Waals surface area (Å²) in [5, 5.41) is 12.0. The molecule has 2 rings (SSSR count). The van der Waals surface area contributed by atoms with E-state index in [2.05, 4.69) is 5.32 Å². The molecule has 2 N–H and O–H groups in total. The Morgan fingerprint density at radius 3 is 2.71 bits per heavy atom. The van der Waals surface area contributed by atoms with E-state index in [1.807, 2.05) is 0 Å². The second-order valence-corrected chi connectivity index (χ2v) is 4.24. The van der Waals surface area contributed by atoms with Crippen LogP contribution in [-0.4, -0.2) is 23.7 Å². The van der Waals surface area contributed by atoms with Gasteiger partial charge in [0.25, 0.3) is 5.91 Å². The predicted molar refractivity (Wildman–Crippen MR) is 57.4 cm³/mol. The monoisotopic (exact) mass is 241 g/mol. The number of rotatable bonds is 4. The van der Waals surface area contributed by atoms with Gasteiger partial charge in [-0.15, -0.1) is 0 Å². The lowest BCUT2D eigenvalue weighted by Crippen LogP contribution is -2.33. The Morgan fingerprint density at radius 1 is 1.41 bits per heavy atom. The van der Waals surface area contributed by atoms with Crippen molar-refractivity contribution in [2.75, 3.05) is 6.54 Å². The lowest BCUT2D eigenvalue weighted by molar-refractivity contribution is 0.0900. The number of amides is 1. The Kier molecular flexibility index (Phi) is 3.38. The fraction of sp³-hybridized carbons (Fsp3) is 0.417. The molecule has 1 fully saturated rings. The van der Waals surface area contributed by atoms with Gasteiger partial charge in [-0.25, -0.2) is 8.78 Å².